The Kier molecular flexibility index (Phi) is 8.89. The van der Waals surface area contributed by atoms with Crippen LogP contribution >= 0.6 is 11.3 Å². The quantitative estimate of drug-likeness (QED) is 0.439. The van der Waals surface area contributed by atoms with E-state index in [1.807, 2.05) is 20.8 Å². The first kappa shape index (κ1) is 29.3. The molecule has 1 amide bonds. The summed E-state index contributed by atoms with van der Waals surface area (Å²) < 4.78 is 27.9. The van der Waals surface area contributed by atoms with Crippen LogP contribution in [0.5, 0.6) is 0 Å². The minimum Gasteiger partial charge on any atom is -0.477 e. The molecular weight excluding hydrogens is 532 g/mol. The zero-order valence-corrected chi connectivity index (χ0v) is 24.8. The molecule has 1 saturated heterocycles. The van der Waals surface area contributed by atoms with E-state index < -0.39 is 16.0 Å². The molecule has 0 spiro atoms. The number of carboxylic acid groups (broad SMARTS) is 1. The van der Waals surface area contributed by atoms with Gasteiger partial charge in [-0.3, -0.25) is 4.79 Å². The molecule has 1 aromatic carbocycles. The molecule has 1 aliphatic carbocycles. The molecule has 4 rings (SSSR count). The van der Waals surface area contributed by atoms with Gasteiger partial charge < -0.3 is 10.0 Å². The number of hydrogen-bond donors (Lipinski definition) is 1. The first-order valence-electron chi connectivity index (χ1n) is 13.7. The van der Waals surface area contributed by atoms with E-state index in [1.54, 1.807) is 41.3 Å². The lowest BCUT2D eigenvalue weighted by molar-refractivity contribution is -0.124. The molecule has 2 aliphatic rings. The van der Waals surface area contributed by atoms with Gasteiger partial charge in [0.2, 0.25) is 15.9 Å². The number of benzene rings is 1. The maximum atomic E-state index is 14.1. The van der Waals surface area contributed by atoms with Crippen LogP contribution in [0.15, 0.2) is 41.3 Å². The van der Waals surface area contributed by atoms with E-state index in [4.69, 9.17) is 0 Å². The highest BCUT2D eigenvalue weighted by molar-refractivity contribution is 7.89. The Balaban J connectivity index is 1.66. The van der Waals surface area contributed by atoms with Gasteiger partial charge in [0.1, 0.15) is 4.88 Å². The molecule has 2 aromatic rings. The number of piperidine rings is 1. The van der Waals surface area contributed by atoms with E-state index in [-0.39, 0.29) is 46.1 Å². The highest BCUT2D eigenvalue weighted by Crippen LogP contribution is 2.38. The molecule has 7 nitrogen and oxygen atoms in total. The number of carbonyl (C=O) groups excluding carboxylic acids is 1. The number of nitrogens with zero attached hydrogens (tertiary/aromatic N) is 2. The van der Waals surface area contributed by atoms with Crippen molar-refractivity contribution in [2.45, 2.75) is 77.2 Å². The fourth-order valence-corrected chi connectivity index (χ4v) is 7.64. The first-order chi connectivity index (χ1) is 18.4. The Morgan fingerprint density at radius 3 is 2.21 bits per heavy atom. The molecule has 39 heavy (non-hydrogen) atoms. The van der Waals surface area contributed by atoms with Crippen LogP contribution in [0.25, 0.3) is 0 Å². The molecule has 0 bridgehead atoms. The number of sulfonamides is 1. The fourth-order valence-electron chi connectivity index (χ4n) is 5.31. The Labute approximate surface area is 236 Å². The van der Waals surface area contributed by atoms with Crippen molar-refractivity contribution >= 4 is 38.9 Å². The first-order valence-corrected chi connectivity index (χ1v) is 15.9. The Bertz CT molecular complexity index is 1350. The SMILES string of the molecule is CC(C)(C)C#Cc1cc(N(C(=O)[C@H]2CC[C@H](C)CC2)C2CCN(S(=O)(=O)c3ccccc3)CC2)c(C(=O)O)s1. The highest BCUT2D eigenvalue weighted by atomic mass is 32.2. The van der Waals surface area contributed by atoms with Crippen LogP contribution in [0.2, 0.25) is 0 Å². The number of anilines is 1. The predicted octanol–water partition coefficient (Wildman–Crippen LogP) is 5.86. The molecular formula is C30H38N2O5S2. The zero-order valence-electron chi connectivity index (χ0n) is 23.1. The van der Waals surface area contributed by atoms with Gasteiger partial charge in [0.05, 0.1) is 15.5 Å². The second-order valence-corrected chi connectivity index (χ2v) is 14.7. The lowest BCUT2D eigenvalue weighted by atomic mass is 9.82. The van der Waals surface area contributed by atoms with Crippen LogP contribution in [0.1, 0.15) is 80.8 Å². The molecule has 210 valence electrons. The normalized spacial score (nSPS) is 21.1. The van der Waals surface area contributed by atoms with Gasteiger partial charge in [-0.1, -0.05) is 37.0 Å². The monoisotopic (exact) mass is 570 g/mol. The van der Waals surface area contributed by atoms with Gasteiger partial charge in [-0.05, 0) is 83.4 Å². The summed E-state index contributed by atoms with van der Waals surface area (Å²) in [5, 5.41) is 10.1. The molecule has 2 heterocycles. The van der Waals surface area contributed by atoms with E-state index in [1.165, 1.54) is 4.31 Å². The number of aromatic carboxylic acids is 1. The van der Waals surface area contributed by atoms with Crippen molar-refractivity contribution in [1.29, 1.82) is 0 Å². The van der Waals surface area contributed by atoms with E-state index in [0.717, 1.165) is 37.0 Å². The lowest BCUT2D eigenvalue weighted by Gasteiger charge is -2.40. The second-order valence-electron chi connectivity index (χ2n) is 11.7. The summed E-state index contributed by atoms with van der Waals surface area (Å²) in [7, 11) is -3.64. The van der Waals surface area contributed by atoms with Gasteiger partial charge in [0, 0.05) is 30.5 Å². The minimum atomic E-state index is -3.64. The van der Waals surface area contributed by atoms with Crippen molar-refractivity contribution in [3.05, 3.63) is 46.2 Å². The number of carboxylic acids is 1. The lowest BCUT2D eigenvalue weighted by Crippen LogP contribution is -2.51. The summed E-state index contributed by atoms with van der Waals surface area (Å²) in [5.74, 6) is 5.53. The van der Waals surface area contributed by atoms with Crippen molar-refractivity contribution in [1.82, 2.24) is 4.31 Å². The number of rotatable bonds is 6. The predicted molar refractivity (Wildman–Crippen MR) is 154 cm³/mol. The third-order valence-corrected chi connectivity index (χ3v) is 10.4. The van der Waals surface area contributed by atoms with Crippen molar-refractivity contribution in [3.8, 4) is 11.8 Å². The maximum absolute atomic E-state index is 14.1. The third-order valence-electron chi connectivity index (χ3n) is 7.50. The Hall–Kier alpha value is -2.67. The van der Waals surface area contributed by atoms with Crippen molar-refractivity contribution in [2.24, 2.45) is 17.3 Å². The number of amides is 1. The summed E-state index contributed by atoms with van der Waals surface area (Å²) >= 11 is 1.09. The highest BCUT2D eigenvalue weighted by Gasteiger charge is 2.39. The Morgan fingerprint density at radius 1 is 1.03 bits per heavy atom. The summed E-state index contributed by atoms with van der Waals surface area (Å²) in [6.45, 7) is 8.69. The average Bonchev–Trinajstić information content (AvgIpc) is 3.33. The smallest absolute Gasteiger partial charge is 0.348 e. The van der Waals surface area contributed by atoms with Crippen molar-refractivity contribution < 1.29 is 23.1 Å². The van der Waals surface area contributed by atoms with Crippen LogP contribution in [-0.2, 0) is 14.8 Å². The molecule has 1 aliphatic heterocycles. The molecule has 1 saturated carbocycles. The molecule has 0 atom stereocenters. The molecule has 1 N–H and O–H groups in total. The molecule has 0 radical (unpaired) electrons. The van der Waals surface area contributed by atoms with E-state index in [0.29, 0.717) is 29.3 Å². The molecule has 2 fully saturated rings. The third kappa shape index (κ3) is 6.92. The fraction of sp³-hybridized carbons (Fsp3) is 0.533. The Morgan fingerprint density at radius 2 is 1.64 bits per heavy atom. The number of thiophene rings is 1. The summed E-state index contributed by atoms with van der Waals surface area (Å²) in [5.41, 5.74) is 0.137. The summed E-state index contributed by atoms with van der Waals surface area (Å²) in [6.07, 6.45) is 4.35. The maximum Gasteiger partial charge on any atom is 0.348 e. The average molecular weight is 571 g/mol. The largest absolute Gasteiger partial charge is 0.477 e. The van der Waals surface area contributed by atoms with E-state index in [2.05, 4.69) is 18.8 Å². The van der Waals surface area contributed by atoms with Crippen LogP contribution in [0, 0.1) is 29.1 Å². The van der Waals surface area contributed by atoms with E-state index in [9.17, 15) is 23.1 Å². The number of carbonyl (C=O) groups is 2. The molecule has 1 aromatic heterocycles. The summed E-state index contributed by atoms with van der Waals surface area (Å²) in [4.78, 5) is 29.1. The number of hydrogen-bond acceptors (Lipinski definition) is 5. The van der Waals surface area contributed by atoms with Crippen LogP contribution in [0.3, 0.4) is 0 Å². The van der Waals surface area contributed by atoms with Gasteiger partial charge >= 0.3 is 5.97 Å². The van der Waals surface area contributed by atoms with Gasteiger partial charge in [0.25, 0.3) is 0 Å². The topological polar surface area (TPSA) is 95.0 Å². The van der Waals surface area contributed by atoms with E-state index >= 15 is 0 Å². The van der Waals surface area contributed by atoms with Crippen molar-refractivity contribution in [3.63, 3.8) is 0 Å². The second kappa shape index (κ2) is 11.8. The standard InChI is InChI=1S/C30H38N2O5S2/c1-21-10-12-22(13-11-21)28(33)32(26-20-24(14-17-30(2,3)4)38-27(26)29(34)35)23-15-18-31(19-16-23)39(36,37)25-8-6-5-7-9-25/h5-9,20-23H,10-13,15-16,18-19H2,1-4H3,(H,34,35)/t21-,22-. The van der Waals surface area contributed by atoms with Crippen LogP contribution in [0.4, 0.5) is 5.69 Å². The van der Waals surface area contributed by atoms with Gasteiger partial charge in [-0.2, -0.15) is 4.31 Å². The molecule has 0 unspecified atom stereocenters. The summed E-state index contributed by atoms with van der Waals surface area (Å²) in [6, 6.07) is 9.81. The minimum absolute atomic E-state index is 0.0538. The van der Waals surface area contributed by atoms with Gasteiger partial charge in [-0.25, -0.2) is 13.2 Å². The zero-order chi connectivity index (χ0) is 28.4. The van der Waals surface area contributed by atoms with Crippen LogP contribution < -0.4 is 4.90 Å². The van der Waals surface area contributed by atoms with Gasteiger partial charge in [-0.15, -0.1) is 11.3 Å². The van der Waals surface area contributed by atoms with Crippen LogP contribution in [-0.4, -0.2) is 48.8 Å². The molecule has 9 heteroatoms. The van der Waals surface area contributed by atoms with Gasteiger partial charge in [0.15, 0.2) is 0 Å². The van der Waals surface area contributed by atoms with Crippen molar-refractivity contribution in [2.75, 3.05) is 18.0 Å².